The van der Waals surface area contributed by atoms with E-state index < -0.39 is 0 Å². The second kappa shape index (κ2) is 5.91. The Labute approximate surface area is 120 Å². The fraction of sp³-hybridized carbons (Fsp3) is 0.278. The molecule has 1 heterocycles. The summed E-state index contributed by atoms with van der Waals surface area (Å²) in [7, 11) is 0. The SMILES string of the molecule is O=C(CC(c1ccccc1)c1ccccc1)N1CCC1. The van der Waals surface area contributed by atoms with E-state index in [4.69, 9.17) is 0 Å². The zero-order chi connectivity index (χ0) is 13.8. The molecular formula is C18H19NO. The van der Waals surface area contributed by atoms with E-state index in [2.05, 4.69) is 24.3 Å². The first-order valence-corrected chi connectivity index (χ1v) is 7.22. The number of hydrogen-bond donors (Lipinski definition) is 0. The summed E-state index contributed by atoms with van der Waals surface area (Å²) in [6.07, 6.45) is 1.71. The second-order valence-electron chi connectivity index (χ2n) is 5.31. The first kappa shape index (κ1) is 12.9. The van der Waals surface area contributed by atoms with Gasteiger partial charge in [0.25, 0.3) is 0 Å². The van der Waals surface area contributed by atoms with E-state index >= 15 is 0 Å². The third-order valence-corrected chi connectivity index (χ3v) is 3.99. The maximum Gasteiger partial charge on any atom is 0.223 e. The van der Waals surface area contributed by atoms with E-state index in [1.54, 1.807) is 0 Å². The van der Waals surface area contributed by atoms with Crippen molar-refractivity contribution in [2.75, 3.05) is 13.1 Å². The lowest BCUT2D eigenvalue weighted by Gasteiger charge is -2.32. The molecule has 0 spiro atoms. The van der Waals surface area contributed by atoms with Crippen LogP contribution in [-0.2, 0) is 4.79 Å². The normalized spacial score (nSPS) is 14.2. The Bertz CT molecular complexity index is 521. The van der Waals surface area contributed by atoms with Gasteiger partial charge in [0.1, 0.15) is 0 Å². The van der Waals surface area contributed by atoms with Gasteiger partial charge in [-0.25, -0.2) is 0 Å². The summed E-state index contributed by atoms with van der Waals surface area (Å²) in [6, 6.07) is 20.6. The van der Waals surface area contributed by atoms with Gasteiger partial charge in [-0.1, -0.05) is 60.7 Å². The molecule has 0 aliphatic carbocycles. The van der Waals surface area contributed by atoms with Crippen LogP contribution in [0.1, 0.15) is 29.9 Å². The van der Waals surface area contributed by atoms with E-state index in [9.17, 15) is 4.79 Å². The van der Waals surface area contributed by atoms with Gasteiger partial charge in [0, 0.05) is 25.4 Å². The predicted molar refractivity (Wildman–Crippen MR) is 80.5 cm³/mol. The Morgan fingerprint density at radius 1 is 0.900 bits per heavy atom. The standard InChI is InChI=1S/C18H19NO/c20-18(19-12-7-13-19)14-17(15-8-3-1-4-9-15)16-10-5-2-6-11-16/h1-6,8-11,17H,7,12-14H2. The lowest BCUT2D eigenvalue weighted by atomic mass is 9.88. The highest BCUT2D eigenvalue weighted by Gasteiger charge is 2.24. The molecule has 0 saturated carbocycles. The largest absolute Gasteiger partial charge is 0.343 e. The fourth-order valence-electron chi connectivity index (χ4n) is 2.67. The molecule has 2 aromatic rings. The third-order valence-electron chi connectivity index (χ3n) is 3.99. The van der Waals surface area contributed by atoms with Gasteiger partial charge in [0.2, 0.25) is 5.91 Å². The summed E-state index contributed by atoms with van der Waals surface area (Å²) in [4.78, 5) is 14.3. The van der Waals surface area contributed by atoms with Crippen molar-refractivity contribution in [1.82, 2.24) is 4.90 Å². The summed E-state index contributed by atoms with van der Waals surface area (Å²) in [5.74, 6) is 0.430. The highest BCUT2D eigenvalue weighted by Crippen LogP contribution is 2.29. The second-order valence-corrected chi connectivity index (χ2v) is 5.31. The molecular weight excluding hydrogens is 246 g/mol. The average molecular weight is 265 g/mol. The fourth-order valence-corrected chi connectivity index (χ4v) is 2.67. The molecule has 20 heavy (non-hydrogen) atoms. The van der Waals surface area contributed by atoms with Gasteiger partial charge < -0.3 is 4.90 Å². The summed E-state index contributed by atoms with van der Waals surface area (Å²) in [5.41, 5.74) is 2.43. The van der Waals surface area contributed by atoms with Crippen LogP contribution in [0.3, 0.4) is 0 Å². The zero-order valence-corrected chi connectivity index (χ0v) is 11.5. The van der Waals surface area contributed by atoms with Gasteiger partial charge in [0.05, 0.1) is 0 Å². The maximum atomic E-state index is 12.3. The van der Waals surface area contributed by atoms with Gasteiger partial charge in [-0.15, -0.1) is 0 Å². The maximum absolute atomic E-state index is 12.3. The molecule has 1 fully saturated rings. The van der Waals surface area contributed by atoms with Gasteiger partial charge in [-0.3, -0.25) is 4.79 Å². The van der Waals surface area contributed by atoms with Crippen molar-refractivity contribution < 1.29 is 4.79 Å². The van der Waals surface area contributed by atoms with Crippen LogP contribution < -0.4 is 0 Å². The van der Waals surface area contributed by atoms with E-state index in [1.165, 1.54) is 11.1 Å². The van der Waals surface area contributed by atoms with Crippen LogP contribution in [0.15, 0.2) is 60.7 Å². The van der Waals surface area contributed by atoms with Crippen LogP contribution in [0.4, 0.5) is 0 Å². The number of nitrogens with zero attached hydrogens (tertiary/aromatic N) is 1. The third kappa shape index (κ3) is 2.74. The van der Waals surface area contributed by atoms with Gasteiger partial charge >= 0.3 is 0 Å². The smallest absolute Gasteiger partial charge is 0.223 e. The molecule has 2 heteroatoms. The summed E-state index contributed by atoms with van der Waals surface area (Å²) in [5, 5.41) is 0. The lowest BCUT2D eigenvalue weighted by molar-refractivity contribution is -0.134. The molecule has 1 amide bonds. The van der Waals surface area contributed by atoms with Crippen LogP contribution in [-0.4, -0.2) is 23.9 Å². The molecule has 1 aliphatic rings. The van der Waals surface area contributed by atoms with E-state index in [0.717, 1.165) is 19.5 Å². The van der Waals surface area contributed by atoms with Crippen molar-refractivity contribution in [3.63, 3.8) is 0 Å². The number of carbonyl (C=O) groups excluding carboxylic acids is 1. The molecule has 0 radical (unpaired) electrons. The average Bonchev–Trinajstić information content (AvgIpc) is 2.45. The number of carbonyl (C=O) groups is 1. The number of benzene rings is 2. The monoisotopic (exact) mass is 265 g/mol. The topological polar surface area (TPSA) is 20.3 Å². The summed E-state index contributed by atoms with van der Waals surface area (Å²) >= 11 is 0. The van der Waals surface area contributed by atoms with Gasteiger partial charge in [0.15, 0.2) is 0 Å². The van der Waals surface area contributed by atoms with Crippen LogP contribution in [0.25, 0.3) is 0 Å². The first-order valence-electron chi connectivity index (χ1n) is 7.22. The molecule has 0 atom stereocenters. The number of rotatable bonds is 4. The minimum atomic E-state index is 0.158. The van der Waals surface area contributed by atoms with Gasteiger partial charge in [-0.2, -0.15) is 0 Å². The molecule has 0 N–H and O–H groups in total. The van der Waals surface area contributed by atoms with Crippen molar-refractivity contribution in [2.45, 2.75) is 18.8 Å². The minimum Gasteiger partial charge on any atom is -0.343 e. The molecule has 3 rings (SSSR count). The van der Waals surface area contributed by atoms with E-state index in [1.807, 2.05) is 41.3 Å². The molecule has 1 saturated heterocycles. The summed E-state index contributed by atoms with van der Waals surface area (Å²) in [6.45, 7) is 1.85. The number of likely N-dealkylation sites (tertiary alicyclic amines) is 1. The van der Waals surface area contributed by atoms with Crippen LogP contribution in [0, 0.1) is 0 Å². The molecule has 0 bridgehead atoms. The van der Waals surface area contributed by atoms with Crippen molar-refractivity contribution in [1.29, 1.82) is 0 Å². The Morgan fingerprint density at radius 3 is 1.80 bits per heavy atom. The Balaban J connectivity index is 1.85. The highest BCUT2D eigenvalue weighted by atomic mass is 16.2. The Kier molecular flexibility index (Phi) is 3.82. The van der Waals surface area contributed by atoms with Crippen LogP contribution >= 0.6 is 0 Å². The predicted octanol–water partition coefficient (Wildman–Crippen LogP) is 3.44. The van der Waals surface area contributed by atoms with Crippen LogP contribution in [0.2, 0.25) is 0 Å². The van der Waals surface area contributed by atoms with Gasteiger partial charge in [-0.05, 0) is 17.5 Å². The Hall–Kier alpha value is -2.09. The quantitative estimate of drug-likeness (QED) is 0.829. The Morgan fingerprint density at radius 2 is 1.40 bits per heavy atom. The van der Waals surface area contributed by atoms with E-state index in [-0.39, 0.29) is 11.8 Å². The van der Waals surface area contributed by atoms with Crippen molar-refractivity contribution in [3.8, 4) is 0 Å². The van der Waals surface area contributed by atoms with Crippen molar-refractivity contribution in [2.24, 2.45) is 0 Å². The number of hydrogen-bond acceptors (Lipinski definition) is 1. The molecule has 2 nitrogen and oxygen atoms in total. The molecule has 102 valence electrons. The lowest BCUT2D eigenvalue weighted by Crippen LogP contribution is -2.42. The molecule has 1 aliphatic heterocycles. The number of amides is 1. The van der Waals surface area contributed by atoms with Crippen molar-refractivity contribution >= 4 is 5.91 Å². The summed E-state index contributed by atoms with van der Waals surface area (Å²) < 4.78 is 0. The molecule has 0 unspecified atom stereocenters. The zero-order valence-electron chi connectivity index (χ0n) is 11.5. The molecule has 2 aromatic carbocycles. The molecule has 0 aromatic heterocycles. The first-order chi connectivity index (χ1) is 9.84. The van der Waals surface area contributed by atoms with Crippen molar-refractivity contribution in [3.05, 3.63) is 71.8 Å². The minimum absolute atomic E-state index is 0.158. The highest BCUT2D eigenvalue weighted by molar-refractivity contribution is 5.78. The van der Waals surface area contributed by atoms with Crippen LogP contribution in [0.5, 0.6) is 0 Å². The van der Waals surface area contributed by atoms with E-state index in [0.29, 0.717) is 6.42 Å².